The molecule has 1 N–H and O–H groups in total. The summed E-state index contributed by atoms with van der Waals surface area (Å²) in [5.41, 5.74) is 1.37. The second kappa shape index (κ2) is 5.96. The highest BCUT2D eigenvalue weighted by molar-refractivity contribution is 5.33. The van der Waals surface area contributed by atoms with E-state index in [-0.39, 0.29) is 5.75 Å². The van der Waals surface area contributed by atoms with Crippen molar-refractivity contribution >= 4 is 0 Å². The van der Waals surface area contributed by atoms with Gasteiger partial charge in [-0.15, -0.1) is 13.2 Å². The Morgan fingerprint density at radius 2 is 1.95 bits per heavy atom. The Morgan fingerprint density at radius 3 is 2.60 bits per heavy atom. The summed E-state index contributed by atoms with van der Waals surface area (Å²) >= 11 is 0. The Balaban J connectivity index is 2.05. The van der Waals surface area contributed by atoms with E-state index in [4.69, 9.17) is 0 Å². The first-order valence-electron chi connectivity index (χ1n) is 5.94. The zero-order valence-electron chi connectivity index (χ0n) is 10.8. The van der Waals surface area contributed by atoms with Crippen LogP contribution in [0, 0.1) is 0 Å². The van der Waals surface area contributed by atoms with Crippen LogP contribution in [0.25, 0.3) is 0 Å². The van der Waals surface area contributed by atoms with Crippen molar-refractivity contribution < 1.29 is 17.9 Å². The summed E-state index contributed by atoms with van der Waals surface area (Å²) in [7, 11) is 1.81. The fourth-order valence-corrected chi connectivity index (χ4v) is 1.87. The van der Waals surface area contributed by atoms with Crippen molar-refractivity contribution in [3.05, 3.63) is 47.8 Å². The molecule has 0 aliphatic heterocycles. The maximum atomic E-state index is 12.3. The Morgan fingerprint density at radius 1 is 1.20 bits per heavy atom. The van der Waals surface area contributed by atoms with Crippen LogP contribution in [-0.2, 0) is 13.1 Å². The van der Waals surface area contributed by atoms with Gasteiger partial charge in [0, 0.05) is 30.5 Å². The van der Waals surface area contributed by atoms with Gasteiger partial charge >= 0.3 is 6.36 Å². The number of halogens is 3. The Labute approximate surface area is 114 Å². The average Bonchev–Trinajstić information content (AvgIpc) is 2.82. The van der Waals surface area contributed by atoms with Crippen LogP contribution in [0.15, 0.2) is 36.5 Å². The maximum Gasteiger partial charge on any atom is 0.573 e. The quantitative estimate of drug-likeness (QED) is 0.918. The van der Waals surface area contributed by atoms with Gasteiger partial charge in [-0.25, -0.2) is 0 Å². The molecule has 0 radical (unpaired) electrons. The molecular weight excluding hydrogens is 271 g/mol. The number of para-hydroxylation sites is 1. The average molecular weight is 285 g/mol. The van der Waals surface area contributed by atoms with Gasteiger partial charge in [0.1, 0.15) is 5.75 Å². The summed E-state index contributed by atoms with van der Waals surface area (Å²) in [6.07, 6.45) is -3.05. The minimum atomic E-state index is -4.68. The molecular formula is C13H14F3N3O. The van der Waals surface area contributed by atoms with Crippen molar-refractivity contribution in [1.82, 2.24) is 15.1 Å². The van der Waals surface area contributed by atoms with Crippen molar-refractivity contribution in [2.24, 2.45) is 0 Å². The van der Waals surface area contributed by atoms with Gasteiger partial charge in [0.05, 0.1) is 0 Å². The summed E-state index contributed by atoms with van der Waals surface area (Å²) in [5, 5.41) is 6.63. The van der Waals surface area contributed by atoms with Gasteiger partial charge in [-0.2, -0.15) is 5.10 Å². The molecule has 0 aliphatic carbocycles. The maximum absolute atomic E-state index is 12.3. The monoisotopic (exact) mass is 285 g/mol. The van der Waals surface area contributed by atoms with E-state index in [9.17, 15) is 13.2 Å². The number of aromatic nitrogens is 2. The largest absolute Gasteiger partial charge is 0.573 e. The lowest BCUT2D eigenvalue weighted by Gasteiger charge is -2.18. The first kappa shape index (κ1) is 14.4. The zero-order chi connectivity index (χ0) is 14.6. The van der Waals surface area contributed by atoms with E-state index in [1.165, 1.54) is 12.1 Å². The Kier molecular flexibility index (Phi) is 4.29. The number of rotatable bonds is 5. The summed E-state index contributed by atoms with van der Waals surface area (Å²) < 4.78 is 41.0. The van der Waals surface area contributed by atoms with Crippen LogP contribution in [0.2, 0.25) is 0 Å². The molecule has 0 fully saturated rings. The van der Waals surface area contributed by atoms with Crippen LogP contribution in [-0.4, -0.2) is 28.5 Å². The molecule has 0 aliphatic rings. The van der Waals surface area contributed by atoms with Crippen LogP contribution in [0.1, 0.15) is 11.3 Å². The number of aromatic amines is 1. The summed E-state index contributed by atoms with van der Waals surface area (Å²) in [5.74, 6) is -0.170. The van der Waals surface area contributed by atoms with Gasteiger partial charge in [0.15, 0.2) is 0 Å². The molecule has 1 aromatic heterocycles. The van der Waals surface area contributed by atoms with Crippen molar-refractivity contribution in [2.75, 3.05) is 7.05 Å². The molecule has 20 heavy (non-hydrogen) atoms. The normalized spacial score (nSPS) is 11.8. The number of ether oxygens (including phenoxy) is 1. The second-order valence-corrected chi connectivity index (χ2v) is 4.41. The molecule has 0 saturated heterocycles. The van der Waals surface area contributed by atoms with Crippen LogP contribution >= 0.6 is 0 Å². The second-order valence-electron chi connectivity index (χ2n) is 4.41. The van der Waals surface area contributed by atoms with Gasteiger partial charge < -0.3 is 4.74 Å². The van der Waals surface area contributed by atoms with Gasteiger partial charge in [-0.05, 0) is 19.2 Å². The molecule has 2 aromatic rings. The van der Waals surface area contributed by atoms with E-state index in [2.05, 4.69) is 14.9 Å². The van der Waals surface area contributed by atoms with Crippen molar-refractivity contribution in [1.29, 1.82) is 0 Å². The number of nitrogens with one attached hydrogen (secondary N) is 1. The topological polar surface area (TPSA) is 41.2 Å². The number of benzene rings is 1. The lowest BCUT2D eigenvalue weighted by atomic mass is 10.2. The highest BCUT2D eigenvalue weighted by Gasteiger charge is 2.32. The lowest BCUT2D eigenvalue weighted by molar-refractivity contribution is -0.275. The lowest BCUT2D eigenvalue weighted by Crippen LogP contribution is -2.21. The third-order valence-electron chi connectivity index (χ3n) is 2.64. The molecule has 1 aromatic carbocycles. The van der Waals surface area contributed by atoms with Crippen molar-refractivity contribution in [2.45, 2.75) is 19.5 Å². The molecule has 0 unspecified atom stereocenters. The standard InChI is InChI=1S/C13H14F3N3O/c1-19(9-11-6-7-17-18-11)8-10-4-2-3-5-12(10)20-13(14,15)16/h2-7H,8-9H2,1H3,(H,17,18). The number of H-pyrrole nitrogens is 1. The number of nitrogens with zero attached hydrogens (tertiary/aromatic N) is 2. The minimum absolute atomic E-state index is 0.170. The molecule has 0 atom stereocenters. The van der Waals surface area contributed by atoms with Crippen LogP contribution < -0.4 is 4.74 Å². The first-order chi connectivity index (χ1) is 9.44. The zero-order valence-corrected chi connectivity index (χ0v) is 10.8. The van der Waals surface area contributed by atoms with E-state index in [1.807, 2.05) is 18.0 Å². The predicted molar refractivity (Wildman–Crippen MR) is 66.9 cm³/mol. The van der Waals surface area contributed by atoms with Crippen LogP contribution in [0.5, 0.6) is 5.75 Å². The number of alkyl halides is 3. The number of hydrogen-bond acceptors (Lipinski definition) is 3. The first-order valence-corrected chi connectivity index (χ1v) is 5.94. The van der Waals surface area contributed by atoms with Crippen molar-refractivity contribution in [3.63, 3.8) is 0 Å². The fraction of sp³-hybridized carbons (Fsp3) is 0.308. The molecule has 108 valence electrons. The van der Waals surface area contributed by atoms with E-state index in [0.717, 1.165) is 5.69 Å². The third-order valence-corrected chi connectivity index (χ3v) is 2.64. The predicted octanol–water partition coefficient (Wildman–Crippen LogP) is 2.94. The van der Waals surface area contributed by atoms with E-state index >= 15 is 0 Å². The molecule has 0 saturated carbocycles. The van der Waals surface area contributed by atoms with E-state index in [0.29, 0.717) is 18.7 Å². The molecule has 1 heterocycles. The fourth-order valence-electron chi connectivity index (χ4n) is 1.87. The van der Waals surface area contributed by atoms with Gasteiger partial charge in [0.2, 0.25) is 0 Å². The molecule has 0 amide bonds. The Bertz CT molecular complexity index is 540. The van der Waals surface area contributed by atoms with Crippen LogP contribution in [0.3, 0.4) is 0 Å². The van der Waals surface area contributed by atoms with E-state index in [1.54, 1.807) is 18.3 Å². The molecule has 0 bridgehead atoms. The SMILES string of the molecule is CN(Cc1ccn[nH]1)Cc1ccccc1OC(F)(F)F. The van der Waals surface area contributed by atoms with Crippen LogP contribution in [0.4, 0.5) is 13.2 Å². The van der Waals surface area contributed by atoms with Gasteiger partial charge in [-0.3, -0.25) is 10.00 Å². The number of hydrogen-bond donors (Lipinski definition) is 1. The molecule has 0 spiro atoms. The molecule has 7 heteroatoms. The summed E-state index contributed by atoms with van der Waals surface area (Å²) in [6.45, 7) is 0.894. The van der Waals surface area contributed by atoms with Gasteiger partial charge in [0.25, 0.3) is 0 Å². The summed E-state index contributed by atoms with van der Waals surface area (Å²) in [4.78, 5) is 1.87. The molecule has 4 nitrogen and oxygen atoms in total. The Hall–Kier alpha value is -2.02. The third kappa shape index (κ3) is 4.27. The minimum Gasteiger partial charge on any atom is -0.405 e. The highest BCUT2D eigenvalue weighted by atomic mass is 19.4. The van der Waals surface area contributed by atoms with Gasteiger partial charge in [-0.1, -0.05) is 18.2 Å². The summed E-state index contributed by atoms with van der Waals surface area (Å²) in [6, 6.07) is 7.94. The highest BCUT2D eigenvalue weighted by Crippen LogP contribution is 2.27. The molecule has 2 rings (SSSR count). The smallest absolute Gasteiger partial charge is 0.405 e. The van der Waals surface area contributed by atoms with E-state index < -0.39 is 6.36 Å². The van der Waals surface area contributed by atoms with Crippen molar-refractivity contribution in [3.8, 4) is 5.75 Å².